The van der Waals surface area contributed by atoms with Gasteiger partial charge >= 0.3 is 5.97 Å². The van der Waals surface area contributed by atoms with Gasteiger partial charge in [0.2, 0.25) is 0 Å². The second kappa shape index (κ2) is 5.96. The first-order valence-corrected chi connectivity index (χ1v) is 7.22. The molecule has 7 nitrogen and oxygen atoms in total. The number of aliphatic carboxylic acids is 1. The average molecular weight is 280 g/mol. The molecule has 2 atom stereocenters. The van der Waals surface area contributed by atoms with E-state index in [2.05, 4.69) is 0 Å². The Morgan fingerprint density at radius 3 is 2.33 bits per heavy atom. The molecule has 0 amide bonds. The molecule has 1 heterocycles. The van der Waals surface area contributed by atoms with Crippen molar-refractivity contribution in [2.75, 3.05) is 26.7 Å². The molecule has 0 aromatic heterocycles. The monoisotopic (exact) mass is 280 g/mol. The number of hydrogen-bond donors (Lipinski definition) is 1. The minimum atomic E-state index is -3.60. The maximum atomic E-state index is 12.2. The van der Waals surface area contributed by atoms with Gasteiger partial charge in [-0.1, -0.05) is 0 Å². The van der Waals surface area contributed by atoms with Gasteiger partial charge in [-0.15, -0.1) is 0 Å². The Morgan fingerprint density at radius 2 is 1.89 bits per heavy atom. The van der Waals surface area contributed by atoms with E-state index >= 15 is 0 Å². The number of morpholine rings is 1. The Morgan fingerprint density at radius 1 is 1.39 bits per heavy atom. The van der Waals surface area contributed by atoms with Crippen LogP contribution in [0.5, 0.6) is 0 Å². The SMILES string of the molecule is C[C@@H]1CN(S(=O)(=O)N(C)CCC(=O)O)C[C@H](C)O1. The maximum absolute atomic E-state index is 12.2. The molecule has 0 spiro atoms. The molecule has 0 aromatic rings. The van der Waals surface area contributed by atoms with Gasteiger partial charge in [-0.2, -0.15) is 17.0 Å². The van der Waals surface area contributed by atoms with E-state index in [0.29, 0.717) is 13.1 Å². The molecule has 1 N–H and O–H groups in total. The molecule has 1 rings (SSSR count). The zero-order chi connectivity index (χ0) is 13.9. The van der Waals surface area contributed by atoms with Gasteiger partial charge in [-0.3, -0.25) is 4.79 Å². The summed E-state index contributed by atoms with van der Waals surface area (Å²) in [5, 5.41) is 8.57. The summed E-state index contributed by atoms with van der Waals surface area (Å²) in [6.07, 6.45) is -0.515. The highest BCUT2D eigenvalue weighted by Crippen LogP contribution is 2.16. The largest absolute Gasteiger partial charge is 0.481 e. The minimum absolute atomic E-state index is 0.0300. The Hall–Kier alpha value is -0.700. The van der Waals surface area contributed by atoms with Crippen LogP contribution in [0.2, 0.25) is 0 Å². The molecule has 1 fully saturated rings. The van der Waals surface area contributed by atoms with Crippen LogP contribution in [0.4, 0.5) is 0 Å². The van der Waals surface area contributed by atoms with Crippen molar-refractivity contribution in [1.82, 2.24) is 8.61 Å². The van der Waals surface area contributed by atoms with Crippen LogP contribution in [-0.2, 0) is 19.7 Å². The van der Waals surface area contributed by atoms with Crippen molar-refractivity contribution in [1.29, 1.82) is 0 Å². The number of carboxylic acids is 1. The summed E-state index contributed by atoms with van der Waals surface area (Å²) < 4.78 is 32.3. The molecule has 0 radical (unpaired) electrons. The summed E-state index contributed by atoms with van der Waals surface area (Å²) in [5.41, 5.74) is 0. The van der Waals surface area contributed by atoms with E-state index in [1.165, 1.54) is 11.4 Å². The van der Waals surface area contributed by atoms with Crippen molar-refractivity contribution in [3.8, 4) is 0 Å². The highest BCUT2D eigenvalue weighted by Gasteiger charge is 2.33. The molecule has 0 saturated carbocycles. The molecule has 1 saturated heterocycles. The third kappa shape index (κ3) is 3.91. The van der Waals surface area contributed by atoms with Gasteiger partial charge in [0.05, 0.1) is 18.6 Å². The standard InChI is InChI=1S/C10H20N2O5S/c1-8-6-12(7-9(2)17-8)18(15,16)11(3)5-4-10(13)14/h8-9H,4-7H2,1-3H3,(H,13,14)/t8-,9+. The van der Waals surface area contributed by atoms with E-state index in [4.69, 9.17) is 9.84 Å². The molecule has 8 heteroatoms. The number of nitrogens with zero attached hydrogens (tertiary/aromatic N) is 2. The van der Waals surface area contributed by atoms with Gasteiger partial charge in [-0.25, -0.2) is 0 Å². The first-order valence-electron chi connectivity index (χ1n) is 5.82. The van der Waals surface area contributed by atoms with Gasteiger partial charge in [0.15, 0.2) is 0 Å². The molecule has 0 unspecified atom stereocenters. The lowest BCUT2D eigenvalue weighted by Crippen LogP contribution is -2.52. The number of carbonyl (C=O) groups is 1. The minimum Gasteiger partial charge on any atom is -0.481 e. The molecule has 0 aliphatic carbocycles. The lowest BCUT2D eigenvalue weighted by atomic mass is 10.3. The molecule has 0 bridgehead atoms. The fourth-order valence-corrected chi connectivity index (χ4v) is 3.40. The zero-order valence-electron chi connectivity index (χ0n) is 10.9. The first-order chi connectivity index (χ1) is 8.23. The fourth-order valence-electron chi connectivity index (χ4n) is 1.88. The van der Waals surface area contributed by atoms with Crippen LogP contribution in [0.1, 0.15) is 20.3 Å². The van der Waals surface area contributed by atoms with Crippen molar-refractivity contribution in [2.45, 2.75) is 32.5 Å². The van der Waals surface area contributed by atoms with Crippen LogP contribution in [0, 0.1) is 0 Å². The summed E-state index contributed by atoms with van der Waals surface area (Å²) in [5.74, 6) is -1.01. The van der Waals surface area contributed by atoms with Gasteiger partial charge in [0.1, 0.15) is 0 Å². The Labute approximate surface area is 108 Å². The van der Waals surface area contributed by atoms with E-state index in [0.717, 1.165) is 4.31 Å². The second-order valence-corrected chi connectivity index (χ2v) is 6.58. The third-order valence-electron chi connectivity index (χ3n) is 2.75. The number of carboxylic acid groups (broad SMARTS) is 1. The lowest BCUT2D eigenvalue weighted by molar-refractivity contribution is -0.137. The van der Waals surface area contributed by atoms with E-state index < -0.39 is 16.2 Å². The van der Waals surface area contributed by atoms with Crippen LogP contribution in [0.25, 0.3) is 0 Å². The quantitative estimate of drug-likeness (QED) is 0.750. The Balaban J connectivity index is 2.69. The average Bonchev–Trinajstić information content (AvgIpc) is 2.24. The smallest absolute Gasteiger partial charge is 0.304 e. The summed E-state index contributed by atoms with van der Waals surface area (Å²) in [6, 6.07) is 0. The van der Waals surface area contributed by atoms with Crippen LogP contribution < -0.4 is 0 Å². The molecular formula is C10H20N2O5S. The van der Waals surface area contributed by atoms with Gasteiger partial charge in [0.25, 0.3) is 10.2 Å². The van der Waals surface area contributed by atoms with Crippen LogP contribution in [-0.4, -0.2) is 67.0 Å². The molecule has 18 heavy (non-hydrogen) atoms. The van der Waals surface area contributed by atoms with Crippen LogP contribution in [0.15, 0.2) is 0 Å². The van der Waals surface area contributed by atoms with Crippen molar-refractivity contribution in [3.63, 3.8) is 0 Å². The predicted octanol–water partition coefficient (Wildman–Crippen LogP) is -0.253. The Kier molecular flexibility index (Phi) is 5.09. The van der Waals surface area contributed by atoms with Gasteiger partial charge in [0, 0.05) is 26.7 Å². The number of ether oxygens (including phenoxy) is 1. The lowest BCUT2D eigenvalue weighted by Gasteiger charge is -2.36. The van der Waals surface area contributed by atoms with Crippen LogP contribution >= 0.6 is 0 Å². The highest BCUT2D eigenvalue weighted by atomic mass is 32.2. The van der Waals surface area contributed by atoms with E-state index in [1.807, 2.05) is 13.8 Å². The maximum Gasteiger partial charge on any atom is 0.304 e. The second-order valence-electron chi connectivity index (χ2n) is 4.55. The normalized spacial score (nSPS) is 26.4. The molecule has 1 aliphatic heterocycles. The van der Waals surface area contributed by atoms with Crippen LogP contribution in [0.3, 0.4) is 0 Å². The summed E-state index contributed by atoms with van der Waals surface area (Å²) >= 11 is 0. The van der Waals surface area contributed by atoms with E-state index in [9.17, 15) is 13.2 Å². The summed E-state index contributed by atoms with van der Waals surface area (Å²) in [4.78, 5) is 10.5. The molecule has 106 valence electrons. The summed E-state index contributed by atoms with van der Waals surface area (Å²) in [7, 11) is -2.21. The first kappa shape index (κ1) is 15.4. The van der Waals surface area contributed by atoms with Crippen molar-refractivity contribution in [3.05, 3.63) is 0 Å². The molecule has 0 aromatic carbocycles. The van der Waals surface area contributed by atoms with Crippen molar-refractivity contribution < 1.29 is 23.1 Å². The number of hydrogen-bond acceptors (Lipinski definition) is 4. The topological polar surface area (TPSA) is 87.2 Å². The van der Waals surface area contributed by atoms with E-state index in [-0.39, 0.29) is 25.2 Å². The number of rotatable bonds is 5. The molecular weight excluding hydrogens is 260 g/mol. The Bertz CT molecular complexity index is 387. The van der Waals surface area contributed by atoms with E-state index in [1.54, 1.807) is 0 Å². The summed E-state index contributed by atoms with van der Waals surface area (Å²) in [6.45, 7) is 4.19. The predicted molar refractivity (Wildman–Crippen MR) is 65.4 cm³/mol. The van der Waals surface area contributed by atoms with Crippen molar-refractivity contribution >= 4 is 16.2 Å². The highest BCUT2D eigenvalue weighted by molar-refractivity contribution is 7.86. The van der Waals surface area contributed by atoms with Crippen molar-refractivity contribution in [2.24, 2.45) is 0 Å². The van der Waals surface area contributed by atoms with Gasteiger partial charge < -0.3 is 9.84 Å². The van der Waals surface area contributed by atoms with Gasteiger partial charge in [-0.05, 0) is 13.8 Å². The fraction of sp³-hybridized carbons (Fsp3) is 0.900. The zero-order valence-corrected chi connectivity index (χ0v) is 11.7. The molecule has 1 aliphatic rings. The third-order valence-corrected chi connectivity index (χ3v) is 4.67.